The van der Waals surface area contributed by atoms with Gasteiger partial charge in [-0.15, -0.1) is 0 Å². The molecule has 0 radical (unpaired) electrons. The molecule has 48 heavy (non-hydrogen) atoms. The maximum Gasteiger partial charge on any atom is 0.472 e. The fourth-order valence-electron chi connectivity index (χ4n) is 5.08. The zero-order valence-electron chi connectivity index (χ0n) is 26.8. The van der Waals surface area contributed by atoms with Gasteiger partial charge in [0.15, 0.2) is 0 Å². The number of hydrogen-bond donors (Lipinski definition) is 9. The van der Waals surface area contributed by atoms with Crippen molar-refractivity contribution in [3.8, 4) is 0 Å². The van der Waals surface area contributed by atoms with E-state index in [0.29, 0.717) is 6.42 Å². The highest BCUT2D eigenvalue weighted by Crippen LogP contribution is 2.51. The molecule has 284 valence electrons. The van der Waals surface area contributed by atoms with Crippen LogP contribution in [0.3, 0.4) is 0 Å². The van der Waals surface area contributed by atoms with Crippen LogP contribution in [0.15, 0.2) is 0 Å². The van der Waals surface area contributed by atoms with E-state index in [-0.39, 0.29) is 6.42 Å². The maximum absolute atomic E-state index is 12.7. The first-order chi connectivity index (χ1) is 22.3. The van der Waals surface area contributed by atoms with E-state index in [4.69, 9.17) is 29.4 Å². The van der Waals surface area contributed by atoms with Gasteiger partial charge in [-0.05, 0) is 6.42 Å². The van der Waals surface area contributed by atoms with Crippen molar-refractivity contribution in [2.24, 2.45) is 0 Å². The molecule has 8 atom stereocenters. The topological polar surface area (TPSA) is 314 Å². The zero-order chi connectivity index (χ0) is 36.5. The SMILES string of the molecule is CCCCCCCCCCCCCCCC(=O)O[C@@H](COP(=O)(O)OC1C(O)[C@H](OP(=O)(O)O)C(O)C(OP(=O)(O)O)[C@@H]1O)CC(=O)O. The second-order valence-corrected chi connectivity index (χ2v) is 15.4. The van der Waals surface area contributed by atoms with Crippen LogP contribution >= 0.6 is 23.5 Å². The second kappa shape index (κ2) is 22.2. The van der Waals surface area contributed by atoms with Gasteiger partial charge >= 0.3 is 35.4 Å². The van der Waals surface area contributed by atoms with Crippen molar-refractivity contribution in [1.82, 2.24) is 0 Å². The Kier molecular flexibility index (Phi) is 20.9. The Morgan fingerprint density at radius 3 is 1.38 bits per heavy atom. The third-order valence-electron chi connectivity index (χ3n) is 7.40. The fourth-order valence-corrected chi connectivity index (χ4v) is 7.19. The first-order valence-electron chi connectivity index (χ1n) is 15.9. The number of ether oxygens (including phenoxy) is 1. The van der Waals surface area contributed by atoms with E-state index in [1.54, 1.807) is 0 Å². The van der Waals surface area contributed by atoms with E-state index in [1.807, 2.05) is 0 Å². The number of phosphoric acid groups is 3. The summed E-state index contributed by atoms with van der Waals surface area (Å²) in [5, 5.41) is 40.3. The molecule has 9 N–H and O–H groups in total. The number of phosphoric ester groups is 3. The molecule has 5 unspecified atom stereocenters. The molecule has 0 aromatic heterocycles. The van der Waals surface area contributed by atoms with Crippen LogP contribution in [0, 0.1) is 0 Å². The van der Waals surface area contributed by atoms with Crippen LogP contribution in [0.4, 0.5) is 0 Å². The lowest BCUT2D eigenvalue weighted by molar-refractivity contribution is -0.213. The van der Waals surface area contributed by atoms with Crippen molar-refractivity contribution in [1.29, 1.82) is 0 Å². The van der Waals surface area contributed by atoms with Crippen LogP contribution in [0.2, 0.25) is 0 Å². The average Bonchev–Trinajstić information content (AvgIpc) is 2.96. The summed E-state index contributed by atoms with van der Waals surface area (Å²) >= 11 is 0. The second-order valence-electron chi connectivity index (χ2n) is 11.6. The van der Waals surface area contributed by atoms with E-state index in [9.17, 15) is 43.5 Å². The first kappa shape index (κ1) is 45.2. The van der Waals surface area contributed by atoms with Crippen molar-refractivity contribution in [3.63, 3.8) is 0 Å². The summed E-state index contributed by atoms with van der Waals surface area (Å²) in [4.78, 5) is 70.2. The number of carbonyl (C=O) groups is 2. The van der Waals surface area contributed by atoms with Crippen LogP contribution < -0.4 is 0 Å². The smallest absolute Gasteiger partial charge is 0.472 e. The predicted molar refractivity (Wildman–Crippen MR) is 165 cm³/mol. The highest BCUT2D eigenvalue weighted by Gasteiger charge is 2.56. The lowest BCUT2D eigenvalue weighted by Gasteiger charge is -2.44. The van der Waals surface area contributed by atoms with Crippen LogP contribution in [-0.4, -0.2) is 106 Å². The highest BCUT2D eigenvalue weighted by atomic mass is 31.2. The van der Waals surface area contributed by atoms with Crippen molar-refractivity contribution in [3.05, 3.63) is 0 Å². The van der Waals surface area contributed by atoms with Gasteiger partial charge in [0.2, 0.25) is 0 Å². The number of carboxylic acid groups (broad SMARTS) is 1. The van der Waals surface area contributed by atoms with Gasteiger partial charge in [-0.25, -0.2) is 13.7 Å². The first-order valence-corrected chi connectivity index (χ1v) is 20.4. The number of aliphatic hydroxyl groups is 3. The predicted octanol–water partition coefficient (Wildman–Crippen LogP) is 2.41. The summed E-state index contributed by atoms with van der Waals surface area (Å²) < 4.78 is 58.2. The van der Waals surface area contributed by atoms with Crippen LogP contribution in [-0.2, 0) is 46.1 Å². The van der Waals surface area contributed by atoms with Gasteiger partial charge in [0, 0.05) is 6.42 Å². The third kappa shape index (κ3) is 19.5. The molecule has 22 heteroatoms. The normalized spacial score (nSPS) is 25.4. The van der Waals surface area contributed by atoms with Gasteiger partial charge in [0.1, 0.15) is 42.7 Å². The Bertz CT molecular complexity index is 1060. The van der Waals surface area contributed by atoms with Gasteiger partial charge in [0.25, 0.3) is 0 Å². The largest absolute Gasteiger partial charge is 0.481 e. The number of aliphatic carboxylic acids is 1. The number of carbonyl (C=O) groups excluding carboxylic acids is 1. The molecular weight excluding hydrogens is 709 g/mol. The number of aliphatic hydroxyl groups excluding tert-OH is 3. The summed E-state index contributed by atoms with van der Waals surface area (Å²) in [6.07, 6.45) is -3.49. The number of rotatable bonds is 26. The monoisotopic (exact) mass is 760 g/mol. The molecule has 0 aliphatic heterocycles. The third-order valence-corrected chi connectivity index (χ3v) is 9.42. The molecule has 0 saturated heterocycles. The minimum Gasteiger partial charge on any atom is -0.481 e. The molecule has 1 fully saturated rings. The lowest BCUT2D eigenvalue weighted by atomic mass is 9.85. The Labute approximate surface area is 279 Å². The number of esters is 1. The molecule has 0 heterocycles. The summed E-state index contributed by atoms with van der Waals surface area (Å²) in [5.41, 5.74) is 0. The molecule has 0 bridgehead atoms. The van der Waals surface area contributed by atoms with Crippen LogP contribution in [0.1, 0.15) is 103 Å². The van der Waals surface area contributed by atoms with Gasteiger partial charge in [-0.2, -0.15) is 0 Å². The quantitative estimate of drug-likeness (QED) is 0.0347. The number of unbranched alkanes of at least 4 members (excludes halogenated alkanes) is 12. The Morgan fingerprint density at radius 1 is 0.625 bits per heavy atom. The molecule has 0 spiro atoms. The molecule has 19 nitrogen and oxygen atoms in total. The molecular formula is C26H51O19P3. The van der Waals surface area contributed by atoms with E-state index in [2.05, 4.69) is 25.0 Å². The lowest BCUT2D eigenvalue weighted by Crippen LogP contribution is -2.65. The van der Waals surface area contributed by atoms with Gasteiger partial charge < -0.3 is 49.6 Å². The van der Waals surface area contributed by atoms with Gasteiger partial charge in [-0.3, -0.25) is 27.7 Å². The summed E-state index contributed by atoms with van der Waals surface area (Å²) in [7, 11) is -16.6. The van der Waals surface area contributed by atoms with Crippen LogP contribution in [0.5, 0.6) is 0 Å². The molecule has 0 aromatic carbocycles. The Hall–Kier alpha value is -0.850. The Balaban J connectivity index is 2.65. The van der Waals surface area contributed by atoms with Crippen molar-refractivity contribution >= 4 is 35.4 Å². The summed E-state index contributed by atoms with van der Waals surface area (Å²) in [5.74, 6) is -2.27. The minimum atomic E-state index is -5.53. The van der Waals surface area contributed by atoms with Crippen molar-refractivity contribution in [2.75, 3.05) is 6.61 Å². The number of carboxylic acids is 1. The average molecular weight is 761 g/mol. The van der Waals surface area contributed by atoms with Crippen LogP contribution in [0.25, 0.3) is 0 Å². The van der Waals surface area contributed by atoms with E-state index in [1.165, 1.54) is 44.9 Å². The van der Waals surface area contributed by atoms with Gasteiger partial charge in [0.05, 0.1) is 13.0 Å². The maximum atomic E-state index is 12.7. The standard InChI is InChI=1S/C26H51O19P3/c1-2-3-4-5-6-7-8-9-10-11-12-13-14-15-20(29)42-18(16-19(27)28)17-41-48(39,40)45-26-22(31)24(43-46(33,34)35)21(30)25(23(26)32)44-47(36,37)38/h18,21-26,30-32H,2-17H2,1H3,(H,27,28)(H,39,40)(H2,33,34,35)(H2,36,37,38)/t18-,21?,22+,23?,24?,25-,26?/m1/s1. The van der Waals surface area contributed by atoms with Crippen molar-refractivity contribution < 1.29 is 91.0 Å². The van der Waals surface area contributed by atoms with Crippen molar-refractivity contribution in [2.45, 2.75) is 146 Å². The molecule has 1 aliphatic rings. The Morgan fingerprint density at radius 2 is 1.00 bits per heavy atom. The molecule has 1 aliphatic carbocycles. The summed E-state index contributed by atoms with van der Waals surface area (Å²) in [6.45, 7) is 1.14. The molecule has 1 saturated carbocycles. The molecule has 0 aromatic rings. The summed E-state index contributed by atoms with van der Waals surface area (Å²) in [6, 6.07) is 0. The fraction of sp³-hybridized carbons (Fsp3) is 0.923. The molecule has 0 amide bonds. The van der Waals surface area contributed by atoms with E-state index < -0.39 is 91.2 Å². The molecule has 1 rings (SSSR count). The van der Waals surface area contributed by atoms with Gasteiger partial charge in [-0.1, -0.05) is 84.0 Å². The minimum absolute atomic E-state index is 0.0636. The highest BCUT2D eigenvalue weighted by molar-refractivity contribution is 7.47. The van der Waals surface area contributed by atoms with E-state index >= 15 is 0 Å². The zero-order valence-corrected chi connectivity index (χ0v) is 29.5. The number of hydrogen-bond acceptors (Lipinski definition) is 13. The van der Waals surface area contributed by atoms with E-state index in [0.717, 1.165) is 32.1 Å².